The Labute approximate surface area is 110 Å². The van der Waals surface area contributed by atoms with Gasteiger partial charge in [-0.15, -0.1) is 0 Å². The summed E-state index contributed by atoms with van der Waals surface area (Å²) in [4.78, 5) is 10.5. The molecule has 0 saturated heterocycles. The van der Waals surface area contributed by atoms with Crippen molar-refractivity contribution in [3.05, 3.63) is 35.6 Å². The number of hydrogen-bond donors (Lipinski definition) is 0. The number of aromatic nitrogens is 3. The topological polar surface area (TPSA) is 78.8 Å². The number of pyridine rings is 1. The van der Waals surface area contributed by atoms with Crippen LogP contribution < -0.4 is 4.90 Å². The van der Waals surface area contributed by atoms with Crippen LogP contribution in [0.1, 0.15) is 36.0 Å². The molecule has 0 N–H and O–H groups in total. The fourth-order valence-corrected chi connectivity index (χ4v) is 1.80. The van der Waals surface area contributed by atoms with E-state index in [2.05, 4.69) is 15.1 Å². The Balaban J connectivity index is 1.68. The molecule has 2 aromatic heterocycles. The first-order valence-corrected chi connectivity index (χ1v) is 6.16. The molecule has 3 rings (SSSR count). The van der Waals surface area contributed by atoms with Crippen LogP contribution in [0.4, 0.5) is 5.82 Å². The fraction of sp³-hybridized carbons (Fsp3) is 0.385. The van der Waals surface area contributed by atoms with Gasteiger partial charge in [-0.25, -0.2) is 4.98 Å². The highest BCUT2D eigenvalue weighted by Gasteiger charge is 2.29. The summed E-state index contributed by atoms with van der Waals surface area (Å²) in [5.74, 6) is 2.66. The summed E-state index contributed by atoms with van der Waals surface area (Å²) >= 11 is 0. The van der Waals surface area contributed by atoms with Crippen molar-refractivity contribution in [3.8, 4) is 6.07 Å². The molecular weight excluding hydrogens is 242 g/mol. The molecule has 96 valence electrons. The molecule has 0 radical (unpaired) electrons. The molecule has 1 aliphatic rings. The van der Waals surface area contributed by atoms with Crippen molar-refractivity contribution >= 4 is 5.82 Å². The molecule has 2 heterocycles. The van der Waals surface area contributed by atoms with E-state index < -0.39 is 0 Å². The maximum atomic E-state index is 8.73. The van der Waals surface area contributed by atoms with Gasteiger partial charge in [-0.1, -0.05) is 5.16 Å². The SMILES string of the molecule is CN(Cc1noc(C2CC2)n1)c1ccc(C#N)cn1. The van der Waals surface area contributed by atoms with Crippen LogP contribution in [0.2, 0.25) is 0 Å². The van der Waals surface area contributed by atoms with Crippen LogP contribution in [0.5, 0.6) is 0 Å². The third-order valence-corrected chi connectivity index (χ3v) is 3.06. The van der Waals surface area contributed by atoms with E-state index in [-0.39, 0.29) is 0 Å². The molecular formula is C13H13N5O. The number of anilines is 1. The summed E-state index contributed by atoms with van der Waals surface area (Å²) in [6.07, 6.45) is 3.85. The summed E-state index contributed by atoms with van der Waals surface area (Å²) in [7, 11) is 1.90. The Morgan fingerprint density at radius 3 is 2.95 bits per heavy atom. The number of rotatable bonds is 4. The van der Waals surface area contributed by atoms with Gasteiger partial charge in [-0.05, 0) is 25.0 Å². The van der Waals surface area contributed by atoms with E-state index in [0.29, 0.717) is 23.9 Å². The first kappa shape index (κ1) is 11.7. The molecule has 0 spiro atoms. The van der Waals surface area contributed by atoms with Crippen molar-refractivity contribution in [2.45, 2.75) is 25.3 Å². The number of hydrogen-bond acceptors (Lipinski definition) is 6. The van der Waals surface area contributed by atoms with Crippen molar-refractivity contribution in [2.75, 3.05) is 11.9 Å². The monoisotopic (exact) mass is 255 g/mol. The molecule has 0 atom stereocenters. The predicted octanol–water partition coefficient (Wildman–Crippen LogP) is 1.85. The van der Waals surface area contributed by atoms with Crippen LogP contribution in [0.25, 0.3) is 0 Å². The largest absolute Gasteiger partial charge is 0.352 e. The maximum Gasteiger partial charge on any atom is 0.229 e. The molecule has 1 aliphatic carbocycles. The van der Waals surface area contributed by atoms with Gasteiger partial charge in [-0.3, -0.25) is 0 Å². The van der Waals surface area contributed by atoms with E-state index in [1.54, 1.807) is 18.3 Å². The van der Waals surface area contributed by atoms with Crippen molar-refractivity contribution in [3.63, 3.8) is 0 Å². The standard InChI is InChI=1S/C13H13N5O/c1-18(12-5-2-9(6-14)7-15-12)8-11-16-13(19-17-11)10-3-4-10/h2,5,7,10H,3-4,8H2,1H3. The molecule has 0 unspecified atom stereocenters. The van der Waals surface area contributed by atoms with Crippen LogP contribution in [0.3, 0.4) is 0 Å². The highest BCUT2D eigenvalue weighted by molar-refractivity contribution is 5.41. The average Bonchev–Trinajstić information content (AvgIpc) is 3.20. The van der Waals surface area contributed by atoms with Crippen molar-refractivity contribution in [1.29, 1.82) is 5.26 Å². The molecule has 1 fully saturated rings. The quantitative estimate of drug-likeness (QED) is 0.829. The van der Waals surface area contributed by atoms with Crippen molar-refractivity contribution in [2.24, 2.45) is 0 Å². The molecule has 0 amide bonds. The normalized spacial score (nSPS) is 14.1. The zero-order chi connectivity index (χ0) is 13.2. The van der Waals surface area contributed by atoms with Gasteiger partial charge in [0.25, 0.3) is 0 Å². The van der Waals surface area contributed by atoms with Crippen molar-refractivity contribution in [1.82, 2.24) is 15.1 Å². The third-order valence-electron chi connectivity index (χ3n) is 3.06. The lowest BCUT2D eigenvalue weighted by molar-refractivity contribution is 0.374. The van der Waals surface area contributed by atoms with E-state index >= 15 is 0 Å². The summed E-state index contributed by atoms with van der Waals surface area (Å²) in [5, 5.41) is 12.7. The first-order valence-electron chi connectivity index (χ1n) is 6.16. The van der Waals surface area contributed by atoms with Crippen LogP contribution in [-0.4, -0.2) is 22.2 Å². The van der Waals surface area contributed by atoms with Gasteiger partial charge in [-0.2, -0.15) is 10.2 Å². The van der Waals surface area contributed by atoms with Crippen LogP contribution in [0.15, 0.2) is 22.9 Å². The van der Waals surface area contributed by atoms with Gasteiger partial charge in [0.15, 0.2) is 5.82 Å². The zero-order valence-corrected chi connectivity index (χ0v) is 10.6. The van der Waals surface area contributed by atoms with Crippen LogP contribution in [0, 0.1) is 11.3 Å². The second kappa shape index (κ2) is 4.69. The van der Waals surface area contributed by atoms with Gasteiger partial charge in [0, 0.05) is 19.2 Å². The highest BCUT2D eigenvalue weighted by Crippen LogP contribution is 2.38. The van der Waals surface area contributed by atoms with Gasteiger partial charge >= 0.3 is 0 Å². The van der Waals surface area contributed by atoms with Crippen LogP contribution >= 0.6 is 0 Å². The predicted molar refractivity (Wildman–Crippen MR) is 67.3 cm³/mol. The summed E-state index contributed by atoms with van der Waals surface area (Å²) in [6, 6.07) is 5.59. The molecule has 0 aliphatic heterocycles. The third kappa shape index (κ3) is 2.55. The van der Waals surface area contributed by atoms with E-state index in [9.17, 15) is 0 Å². The minimum atomic E-state index is 0.472. The fourth-order valence-electron chi connectivity index (χ4n) is 1.80. The van der Waals surface area contributed by atoms with E-state index in [4.69, 9.17) is 9.78 Å². The minimum Gasteiger partial charge on any atom is -0.352 e. The molecule has 2 aromatic rings. The van der Waals surface area contributed by atoms with E-state index in [1.165, 1.54) is 0 Å². The second-order valence-electron chi connectivity index (χ2n) is 4.70. The Morgan fingerprint density at radius 1 is 1.47 bits per heavy atom. The van der Waals surface area contributed by atoms with Gasteiger partial charge in [0.2, 0.25) is 5.89 Å². The molecule has 1 saturated carbocycles. The molecule has 0 aromatic carbocycles. The summed E-state index contributed by atoms with van der Waals surface area (Å²) in [6.45, 7) is 0.537. The smallest absolute Gasteiger partial charge is 0.229 e. The molecule has 6 heteroatoms. The highest BCUT2D eigenvalue weighted by atomic mass is 16.5. The van der Waals surface area contributed by atoms with E-state index in [1.807, 2.05) is 18.0 Å². The Hall–Kier alpha value is -2.42. The van der Waals surface area contributed by atoms with Crippen molar-refractivity contribution < 1.29 is 4.52 Å². The van der Waals surface area contributed by atoms with Gasteiger partial charge in [0.1, 0.15) is 11.9 Å². The van der Waals surface area contributed by atoms with Gasteiger partial charge < -0.3 is 9.42 Å². The Bertz CT molecular complexity index is 609. The minimum absolute atomic E-state index is 0.472. The maximum absolute atomic E-state index is 8.73. The number of nitriles is 1. The number of nitrogens with zero attached hydrogens (tertiary/aromatic N) is 5. The molecule has 6 nitrogen and oxygen atoms in total. The summed E-state index contributed by atoms with van der Waals surface area (Å²) in [5.41, 5.74) is 0.549. The second-order valence-corrected chi connectivity index (χ2v) is 4.70. The molecule has 0 bridgehead atoms. The Morgan fingerprint density at radius 2 is 2.32 bits per heavy atom. The first-order chi connectivity index (χ1) is 9.26. The van der Waals surface area contributed by atoms with Crippen LogP contribution in [-0.2, 0) is 6.54 Å². The van der Waals surface area contributed by atoms with E-state index in [0.717, 1.165) is 24.6 Å². The lowest BCUT2D eigenvalue weighted by Crippen LogP contribution is -2.18. The lowest BCUT2D eigenvalue weighted by Gasteiger charge is -2.15. The zero-order valence-electron chi connectivity index (χ0n) is 10.6. The summed E-state index contributed by atoms with van der Waals surface area (Å²) < 4.78 is 5.21. The Kier molecular flexibility index (Phi) is 2.88. The van der Waals surface area contributed by atoms with Gasteiger partial charge in [0.05, 0.1) is 12.1 Å². The lowest BCUT2D eigenvalue weighted by atomic mass is 10.3. The average molecular weight is 255 g/mol. The molecule has 19 heavy (non-hydrogen) atoms.